The van der Waals surface area contributed by atoms with E-state index in [1.165, 1.54) is 12.5 Å². The highest BCUT2D eigenvalue weighted by Gasteiger charge is 2.56. The lowest BCUT2D eigenvalue weighted by Crippen LogP contribution is -2.61. The van der Waals surface area contributed by atoms with Gasteiger partial charge in [-0.15, -0.1) is 0 Å². The van der Waals surface area contributed by atoms with Crippen LogP contribution < -0.4 is 9.62 Å². The molecule has 3 heterocycles. The van der Waals surface area contributed by atoms with Crippen molar-refractivity contribution >= 4 is 33.2 Å². The van der Waals surface area contributed by atoms with Gasteiger partial charge in [-0.25, -0.2) is 19.3 Å². The van der Waals surface area contributed by atoms with E-state index in [2.05, 4.69) is 19.6 Å². The summed E-state index contributed by atoms with van der Waals surface area (Å²) >= 11 is 0. The fraction of sp³-hybridized carbons (Fsp3) is 0.588. The Bertz CT molecular complexity index is 1040. The van der Waals surface area contributed by atoms with E-state index in [1.54, 1.807) is 10.4 Å². The Balaban J connectivity index is 1.42. The standard InChI is InChI=1S/C17H22N6O4S/c24-16(25)22-7-4-13-14(18-11-19-15(13)22)21-8-9-23(17(10-21)5-6-17)28(26,27)20-12-2-1-3-12/h4,7,11-12,20H,1-3,5-6,8-10H2,(H,24,25). The van der Waals surface area contributed by atoms with Crippen molar-refractivity contribution in [3.63, 3.8) is 0 Å². The smallest absolute Gasteiger partial charge is 0.417 e. The monoisotopic (exact) mass is 406 g/mol. The fourth-order valence-electron chi connectivity index (χ4n) is 4.21. The maximum absolute atomic E-state index is 12.9. The van der Waals surface area contributed by atoms with E-state index in [0.717, 1.165) is 36.7 Å². The summed E-state index contributed by atoms with van der Waals surface area (Å²) in [6, 6.07) is 1.76. The van der Waals surface area contributed by atoms with Crippen LogP contribution >= 0.6 is 0 Å². The van der Waals surface area contributed by atoms with Crippen molar-refractivity contribution in [2.24, 2.45) is 0 Å². The molecule has 2 saturated carbocycles. The molecule has 3 aliphatic rings. The Kier molecular flexibility index (Phi) is 3.90. The lowest BCUT2D eigenvalue weighted by molar-refractivity contribution is 0.197. The van der Waals surface area contributed by atoms with Gasteiger partial charge in [-0.1, -0.05) is 6.42 Å². The molecule has 0 bridgehead atoms. The first kappa shape index (κ1) is 17.8. The molecule has 150 valence electrons. The Hall–Kier alpha value is -2.24. The summed E-state index contributed by atoms with van der Waals surface area (Å²) in [5.41, 5.74) is -0.0652. The minimum atomic E-state index is -3.50. The minimum absolute atomic E-state index is 0.0658. The average Bonchev–Trinajstić information content (AvgIpc) is 3.22. The third-order valence-corrected chi connectivity index (χ3v) is 7.87. The number of nitrogens with zero attached hydrogens (tertiary/aromatic N) is 5. The van der Waals surface area contributed by atoms with Gasteiger partial charge in [0.25, 0.3) is 10.2 Å². The van der Waals surface area contributed by atoms with Crippen molar-refractivity contribution in [1.82, 2.24) is 23.6 Å². The number of anilines is 1. The number of hydrogen-bond donors (Lipinski definition) is 2. The van der Waals surface area contributed by atoms with E-state index in [4.69, 9.17) is 0 Å². The van der Waals surface area contributed by atoms with Crippen LogP contribution in [-0.4, -0.2) is 69.7 Å². The summed E-state index contributed by atoms with van der Waals surface area (Å²) in [7, 11) is -3.50. The topological polar surface area (TPSA) is 121 Å². The molecule has 0 unspecified atom stereocenters. The highest BCUT2D eigenvalue weighted by molar-refractivity contribution is 7.87. The van der Waals surface area contributed by atoms with Gasteiger partial charge in [-0.3, -0.25) is 0 Å². The van der Waals surface area contributed by atoms with Gasteiger partial charge in [0.05, 0.1) is 10.9 Å². The molecule has 2 N–H and O–H groups in total. The molecule has 0 atom stereocenters. The summed E-state index contributed by atoms with van der Waals surface area (Å²) < 4.78 is 31.3. The van der Waals surface area contributed by atoms with Crippen LogP contribution in [-0.2, 0) is 10.2 Å². The third kappa shape index (κ3) is 2.76. The van der Waals surface area contributed by atoms with Crippen LogP contribution in [0.25, 0.3) is 11.0 Å². The van der Waals surface area contributed by atoms with E-state index in [-0.39, 0.29) is 6.04 Å². The molecule has 1 aliphatic heterocycles. The predicted octanol–water partition coefficient (Wildman–Crippen LogP) is 0.999. The molecule has 11 heteroatoms. The number of aromatic nitrogens is 3. The molecule has 0 amide bonds. The molecule has 28 heavy (non-hydrogen) atoms. The van der Waals surface area contributed by atoms with E-state index >= 15 is 0 Å². The fourth-order valence-corrected chi connectivity index (χ4v) is 6.07. The number of carbonyl (C=O) groups is 1. The highest BCUT2D eigenvalue weighted by atomic mass is 32.2. The second-order valence-corrected chi connectivity index (χ2v) is 9.50. The van der Waals surface area contributed by atoms with Crippen LogP contribution in [0, 0.1) is 0 Å². The first-order valence-corrected chi connectivity index (χ1v) is 10.9. The van der Waals surface area contributed by atoms with E-state index in [1.807, 2.05) is 0 Å². The highest BCUT2D eigenvalue weighted by Crippen LogP contribution is 2.46. The molecule has 3 fully saturated rings. The van der Waals surface area contributed by atoms with E-state index in [0.29, 0.717) is 36.5 Å². The van der Waals surface area contributed by atoms with Crippen LogP contribution in [0.2, 0.25) is 0 Å². The molecular weight excluding hydrogens is 384 g/mol. The van der Waals surface area contributed by atoms with Crippen molar-refractivity contribution in [1.29, 1.82) is 0 Å². The lowest BCUT2D eigenvalue weighted by atomic mass is 9.94. The summed E-state index contributed by atoms with van der Waals surface area (Å²) in [6.07, 6.45) is 6.25. The summed E-state index contributed by atoms with van der Waals surface area (Å²) in [4.78, 5) is 21.9. The second kappa shape index (κ2) is 6.13. The van der Waals surface area contributed by atoms with Gasteiger partial charge in [0.1, 0.15) is 12.1 Å². The summed E-state index contributed by atoms with van der Waals surface area (Å²) in [5.74, 6) is 0.653. The first-order chi connectivity index (χ1) is 13.4. The normalized spacial score (nSPS) is 22.5. The Morgan fingerprint density at radius 1 is 1.25 bits per heavy atom. The Morgan fingerprint density at radius 2 is 2.04 bits per heavy atom. The van der Waals surface area contributed by atoms with Crippen molar-refractivity contribution in [3.05, 3.63) is 18.6 Å². The Labute approximate surface area is 162 Å². The molecule has 1 saturated heterocycles. The number of fused-ring (bicyclic) bond motifs is 1. The number of carboxylic acid groups (broad SMARTS) is 1. The van der Waals surface area contributed by atoms with Crippen molar-refractivity contribution < 1.29 is 18.3 Å². The molecule has 0 aromatic carbocycles. The third-order valence-electron chi connectivity index (χ3n) is 6.09. The molecular formula is C17H22N6O4S. The molecule has 2 aromatic heterocycles. The average molecular weight is 406 g/mol. The quantitative estimate of drug-likeness (QED) is 0.777. The van der Waals surface area contributed by atoms with Crippen LogP contribution in [0.5, 0.6) is 0 Å². The Morgan fingerprint density at radius 3 is 2.68 bits per heavy atom. The molecule has 10 nitrogen and oxygen atoms in total. The van der Waals surface area contributed by atoms with Gasteiger partial charge >= 0.3 is 6.09 Å². The zero-order chi connectivity index (χ0) is 19.5. The summed E-state index contributed by atoms with van der Waals surface area (Å²) in [6.45, 7) is 1.42. The summed E-state index contributed by atoms with van der Waals surface area (Å²) in [5, 5.41) is 9.95. The van der Waals surface area contributed by atoms with Gasteiger partial charge in [0, 0.05) is 31.9 Å². The number of piperazine rings is 1. The number of hydrogen-bond acceptors (Lipinski definition) is 6. The minimum Gasteiger partial charge on any atom is -0.464 e. The van der Waals surface area contributed by atoms with Crippen LogP contribution in [0.3, 0.4) is 0 Å². The molecule has 2 aliphatic carbocycles. The van der Waals surface area contributed by atoms with Gasteiger partial charge in [-0.05, 0) is 31.7 Å². The van der Waals surface area contributed by atoms with Gasteiger partial charge in [0.2, 0.25) is 0 Å². The van der Waals surface area contributed by atoms with Crippen LogP contribution in [0.1, 0.15) is 32.1 Å². The molecule has 5 rings (SSSR count). The zero-order valence-corrected chi connectivity index (χ0v) is 16.1. The van der Waals surface area contributed by atoms with Crippen molar-refractivity contribution in [2.45, 2.75) is 43.7 Å². The lowest BCUT2D eigenvalue weighted by Gasteiger charge is -2.42. The number of nitrogens with one attached hydrogen (secondary N) is 1. The largest absolute Gasteiger partial charge is 0.464 e. The van der Waals surface area contributed by atoms with E-state index in [9.17, 15) is 18.3 Å². The van der Waals surface area contributed by atoms with Crippen LogP contribution in [0.15, 0.2) is 18.6 Å². The molecule has 1 spiro atoms. The van der Waals surface area contributed by atoms with Crippen molar-refractivity contribution in [3.8, 4) is 0 Å². The molecule has 0 radical (unpaired) electrons. The number of rotatable bonds is 4. The SMILES string of the molecule is O=C(O)n1ccc2c(N3CCN(S(=O)(=O)NC4CCC4)C4(CC4)C3)ncnc21. The van der Waals surface area contributed by atoms with E-state index < -0.39 is 21.8 Å². The zero-order valence-electron chi connectivity index (χ0n) is 15.3. The maximum atomic E-state index is 12.9. The van der Waals surface area contributed by atoms with Gasteiger partial charge in [0.15, 0.2) is 5.65 Å². The van der Waals surface area contributed by atoms with Gasteiger partial charge < -0.3 is 10.0 Å². The predicted molar refractivity (Wildman–Crippen MR) is 102 cm³/mol. The first-order valence-electron chi connectivity index (χ1n) is 9.50. The van der Waals surface area contributed by atoms with Crippen LogP contribution in [0.4, 0.5) is 10.6 Å². The second-order valence-electron chi connectivity index (χ2n) is 7.87. The maximum Gasteiger partial charge on any atom is 0.417 e. The van der Waals surface area contributed by atoms with Crippen molar-refractivity contribution in [2.75, 3.05) is 24.5 Å². The molecule has 2 aromatic rings. The van der Waals surface area contributed by atoms with Gasteiger partial charge in [-0.2, -0.15) is 17.4 Å².